The molecule has 1 aliphatic rings. The zero-order valence-corrected chi connectivity index (χ0v) is 15.4. The Bertz CT molecular complexity index is 591. The standard InChI is InChI=1S/C17H21BrClN3O/c1-22(7-3-2-4-8-23)14-6-5-13(9-14)11-20-17-10-16(19)15(18)12-21-17/h2-4,7-8,10,12-14H,5-6,9,11H2,1H3,(H,20,21)/b4-2-,7-3-. The number of nitrogens with zero attached hydrogens (tertiary/aromatic N) is 2. The van der Waals surface area contributed by atoms with Crippen molar-refractivity contribution in [2.24, 2.45) is 5.92 Å². The minimum absolute atomic E-state index is 0.546. The average Bonchev–Trinajstić information content (AvgIpc) is 3.01. The summed E-state index contributed by atoms with van der Waals surface area (Å²) < 4.78 is 0.808. The SMILES string of the molecule is CN(/C=C\C=C/C=O)C1CCC(CNc2cc(Cl)c(Br)cn2)C1. The predicted molar refractivity (Wildman–Crippen MR) is 98.7 cm³/mol. The van der Waals surface area contributed by atoms with Crippen LogP contribution < -0.4 is 5.32 Å². The van der Waals surface area contributed by atoms with Crippen LogP contribution >= 0.6 is 27.5 Å². The molecule has 1 fully saturated rings. The zero-order chi connectivity index (χ0) is 16.7. The molecule has 1 heterocycles. The van der Waals surface area contributed by atoms with Crippen LogP contribution in [0, 0.1) is 5.92 Å². The quantitative estimate of drug-likeness (QED) is 0.423. The minimum atomic E-state index is 0.546. The van der Waals surface area contributed by atoms with E-state index in [0.29, 0.717) is 17.0 Å². The molecule has 0 radical (unpaired) electrons. The Labute approximate surface area is 150 Å². The van der Waals surface area contributed by atoms with Crippen LogP contribution in [0.15, 0.2) is 41.2 Å². The maximum atomic E-state index is 10.2. The fraction of sp³-hybridized carbons (Fsp3) is 0.412. The maximum absolute atomic E-state index is 10.2. The van der Waals surface area contributed by atoms with Gasteiger partial charge in [0, 0.05) is 31.9 Å². The molecular weight excluding hydrogens is 378 g/mol. The number of pyridine rings is 1. The molecule has 2 atom stereocenters. The molecule has 0 spiro atoms. The second-order valence-corrected chi connectivity index (χ2v) is 6.99. The van der Waals surface area contributed by atoms with E-state index in [4.69, 9.17) is 11.6 Å². The molecule has 124 valence electrons. The van der Waals surface area contributed by atoms with Crippen LogP contribution in [0.2, 0.25) is 5.02 Å². The summed E-state index contributed by atoms with van der Waals surface area (Å²) in [6.45, 7) is 0.907. The Kier molecular flexibility index (Phi) is 7.12. The fourth-order valence-electron chi connectivity index (χ4n) is 2.78. The molecule has 0 aromatic carbocycles. The first-order valence-electron chi connectivity index (χ1n) is 7.65. The van der Waals surface area contributed by atoms with Gasteiger partial charge in [-0.05, 0) is 59.5 Å². The number of carbonyl (C=O) groups excluding carboxylic acids is 1. The van der Waals surface area contributed by atoms with Crippen LogP contribution in [0.4, 0.5) is 5.82 Å². The molecule has 1 aliphatic carbocycles. The van der Waals surface area contributed by atoms with Crippen molar-refractivity contribution in [3.63, 3.8) is 0 Å². The zero-order valence-electron chi connectivity index (χ0n) is 13.1. The van der Waals surface area contributed by atoms with Gasteiger partial charge in [0.15, 0.2) is 0 Å². The molecule has 0 amide bonds. The van der Waals surface area contributed by atoms with Gasteiger partial charge in [0.1, 0.15) is 12.1 Å². The van der Waals surface area contributed by atoms with Gasteiger partial charge >= 0.3 is 0 Å². The van der Waals surface area contributed by atoms with E-state index in [0.717, 1.165) is 29.5 Å². The highest BCUT2D eigenvalue weighted by Gasteiger charge is 2.26. The lowest BCUT2D eigenvalue weighted by atomic mass is 10.1. The first-order valence-corrected chi connectivity index (χ1v) is 8.82. The molecule has 1 aromatic rings. The smallest absolute Gasteiger partial charge is 0.142 e. The molecule has 1 aromatic heterocycles. The van der Waals surface area contributed by atoms with E-state index >= 15 is 0 Å². The molecular formula is C17H21BrClN3O. The summed E-state index contributed by atoms with van der Waals surface area (Å²) in [5, 5.41) is 4.04. The first kappa shape index (κ1) is 18.0. The maximum Gasteiger partial charge on any atom is 0.142 e. The fourth-order valence-corrected chi connectivity index (χ4v) is 3.15. The summed E-state index contributed by atoms with van der Waals surface area (Å²) in [6.07, 6.45) is 13.2. The van der Waals surface area contributed by atoms with Crippen LogP contribution in [0.25, 0.3) is 0 Å². The Morgan fingerprint density at radius 1 is 1.43 bits per heavy atom. The number of hydrogen-bond donors (Lipinski definition) is 1. The third-order valence-electron chi connectivity index (χ3n) is 4.09. The van der Waals surface area contributed by atoms with Crippen LogP contribution in [0.3, 0.4) is 0 Å². The van der Waals surface area contributed by atoms with E-state index in [1.54, 1.807) is 12.3 Å². The number of nitrogens with one attached hydrogen (secondary N) is 1. The third-order valence-corrected chi connectivity index (χ3v) is 5.26. The van der Waals surface area contributed by atoms with E-state index in [-0.39, 0.29) is 0 Å². The molecule has 0 aliphatic heterocycles. The molecule has 23 heavy (non-hydrogen) atoms. The largest absolute Gasteiger partial charge is 0.377 e. The highest BCUT2D eigenvalue weighted by atomic mass is 79.9. The van der Waals surface area contributed by atoms with Gasteiger partial charge in [-0.15, -0.1) is 0 Å². The van der Waals surface area contributed by atoms with Gasteiger partial charge in [0.05, 0.1) is 9.50 Å². The number of anilines is 1. The lowest BCUT2D eigenvalue weighted by Crippen LogP contribution is -2.24. The van der Waals surface area contributed by atoms with Gasteiger partial charge in [-0.3, -0.25) is 4.79 Å². The van der Waals surface area contributed by atoms with Crippen molar-refractivity contribution in [3.8, 4) is 0 Å². The van der Waals surface area contributed by atoms with Crippen LogP contribution in [-0.2, 0) is 4.79 Å². The van der Waals surface area contributed by atoms with Crippen LogP contribution in [0.1, 0.15) is 19.3 Å². The van der Waals surface area contributed by atoms with Gasteiger partial charge in [-0.1, -0.05) is 17.7 Å². The third kappa shape index (κ3) is 5.66. The summed E-state index contributed by atoms with van der Waals surface area (Å²) >= 11 is 9.42. The number of rotatable bonds is 7. The second kappa shape index (κ2) is 9.08. The lowest BCUT2D eigenvalue weighted by Gasteiger charge is -2.22. The predicted octanol–water partition coefficient (Wildman–Crippen LogP) is 4.28. The molecule has 2 unspecified atom stereocenters. The van der Waals surface area contributed by atoms with Crippen molar-refractivity contribution < 1.29 is 4.79 Å². The van der Waals surface area contributed by atoms with E-state index in [1.807, 2.05) is 18.3 Å². The summed E-state index contributed by atoms with van der Waals surface area (Å²) in [5.41, 5.74) is 0. The van der Waals surface area contributed by atoms with Gasteiger partial charge in [0.25, 0.3) is 0 Å². The van der Waals surface area contributed by atoms with Crippen molar-refractivity contribution >= 4 is 39.6 Å². The van der Waals surface area contributed by atoms with Crippen molar-refractivity contribution in [3.05, 3.63) is 46.2 Å². The highest BCUT2D eigenvalue weighted by molar-refractivity contribution is 9.10. The molecule has 0 saturated heterocycles. The molecule has 0 bridgehead atoms. The van der Waals surface area contributed by atoms with Gasteiger partial charge in [-0.2, -0.15) is 0 Å². The van der Waals surface area contributed by atoms with E-state index in [9.17, 15) is 4.79 Å². The highest BCUT2D eigenvalue weighted by Crippen LogP contribution is 2.29. The van der Waals surface area contributed by atoms with Crippen molar-refractivity contribution in [2.75, 3.05) is 18.9 Å². The molecule has 4 nitrogen and oxygen atoms in total. The van der Waals surface area contributed by atoms with Crippen LogP contribution in [-0.4, -0.2) is 35.8 Å². The number of aldehydes is 1. The molecule has 1 saturated carbocycles. The van der Waals surface area contributed by atoms with Gasteiger partial charge < -0.3 is 10.2 Å². The Morgan fingerprint density at radius 3 is 3.00 bits per heavy atom. The first-order chi connectivity index (χ1) is 11.1. The number of carbonyl (C=O) groups is 1. The van der Waals surface area contributed by atoms with Crippen molar-refractivity contribution in [1.29, 1.82) is 0 Å². The van der Waals surface area contributed by atoms with Crippen molar-refractivity contribution in [2.45, 2.75) is 25.3 Å². The summed E-state index contributed by atoms with van der Waals surface area (Å²) in [4.78, 5) is 16.8. The number of halogens is 2. The normalized spacial score (nSPS) is 21.2. The van der Waals surface area contributed by atoms with Crippen molar-refractivity contribution in [1.82, 2.24) is 9.88 Å². The average molecular weight is 399 g/mol. The Morgan fingerprint density at radius 2 is 2.26 bits per heavy atom. The van der Waals surface area contributed by atoms with E-state index in [2.05, 4.69) is 38.2 Å². The number of allylic oxidation sites excluding steroid dienone is 3. The van der Waals surface area contributed by atoms with Gasteiger partial charge in [0.2, 0.25) is 0 Å². The minimum Gasteiger partial charge on any atom is -0.377 e. The van der Waals surface area contributed by atoms with E-state index in [1.165, 1.54) is 18.9 Å². The Hall–Kier alpha value is -1.33. The molecule has 2 rings (SSSR count). The Balaban J connectivity index is 1.78. The summed E-state index contributed by atoms with van der Waals surface area (Å²) in [6, 6.07) is 2.39. The summed E-state index contributed by atoms with van der Waals surface area (Å²) in [7, 11) is 2.09. The second-order valence-electron chi connectivity index (χ2n) is 5.73. The molecule has 6 heteroatoms. The molecule has 1 N–H and O–H groups in total. The number of hydrogen-bond acceptors (Lipinski definition) is 4. The topological polar surface area (TPSA) is 45.2 Å². The monoisotopic (exact) mass is 397 g/mol. The van der Waals surface area contributed by atoms with Crippen LogP contribution in [0.5, 0.6) is 0 Å². The number of aromatic nitrogens is 1. The van der Waals surface area contributed by atoms with Gasteiger partial charge in [-0.25, -0.2) is 4.98 Å². The lowest BCUT2D eigenvalue weighted by molar-refractivity contribution is -0.104. The summed E-state index contributed by atoms with van der Waals surface area (Å²) in [5.74, 6) is 1.44. The van der Waals surface area contributed by atoms with E-state index < -0.39 is 0 Å².